The van der Waals surface area contributed by atoms with E-state index in [9.17, 15) is 0 Å². The molecular formula is C15H13ClN4. The Morgan fingerprint density at radius 3 is 3.05 bits per heavy atom. The SMILES string of the molecule is Clc1ccc2c(c1)NC(c1ccccn1)N1CCN=C21. The number of rotatable bonds is 1. The largest absolute Gasteiger partial charge is 0.360 e. The van der Waals surface area contributed by atoms with Gasteiger partial charge in [0.2, 0.25) is 0 Å². The third-order valence-corrected chi connectivity index (χ3v) is 3.90. The topological polar surface area (TPSA) is 40.5 Å². The van der Waals surface area contributed by atoms with Gasteiger partial charge in [0, 0.05) is 29.0 Å². The molecule has 4 rings (SSSR count). The fourth-order valence-corrected chi connectivity index (χ4v) is 2.95. The van der Waals surface area contributed by atoms with Crippen LogP contribution in [0.3, 0.4) is 0 Å². The maximum Gasteiger partial charge on any atom is 0.144 e. The van der Waals surface area contributed by atoms with Crippen LogP contribution >= 0.6 is 11.6 Å². The Kier molecular flexibility index (Phi) is 2.63. The molecule has 0 spiro atoms. The molecule has 0 saturated carbocycles. The van der Waals surface area contributed by atoms with Crippen molar-refractivity contribution in [3.63, 3.8) is 0 Å². The van der Waals surface area contributed by atoms with Crippen molar-refractivity contribution in [2.75, 3.05) is 18.4 Å². The quantitative estimate of drug-likeness (QED) is 0.875. The average Bonchev–Trinajstić information content (AvgIpc) is 2.96. The summed E-state index contributed by atoms with van der Waals surface area (Å²) in [6.45, 7) is 1.73. The fraction of sp³-hybridized carbons (Fsp3) is 0.200. The zero-order chi connectivity index (χ0) is 13.5. The van der Waals surface area contributed by atoms with Gasteiger partial charge in [-0.3, -0.25) is 9.98 Å². The number of anilines is 1. The van der Waals surface area contributed by atoms with Crippen molar-refractivity contribution in [2.45, 2.75) is 6.17 Å². The highest BCUT2D eigenvalue weighted by molar-refractivity contribution is 6.31. The summed E-state index contributed by atoms with van der Waals surface area (Å²) in [5, 5.41) is 4.25. The minimum absolute atomic E-state index is 0.0171. The number of halogens is 1. The molecule has 2 aliphatic rings. The first kappa shape index (κ1) is 11.7. The second-order valence-electron chi connectivity index (χ2n) is 4.89. The minimum atomic E-state index is 0.0171. The summed E-state index contributed by atoms with van der Waals surface area (Å²) in [7, 11) is 0. The molecule has 1 aromatic carbocycles. The molecule has 2 aliphatic heterocycles. The van der Waals surface area contributed by atoms with Crippen molar-refractivity contribution < 1.29 is 0 Å². The van der Waals surface area contributed by atoms with E-state index in [-0.39, 0.29) is 6.17 Å². The molecule has 20 heavy (non-hydrogen) atoms. The van der Waals surface area contributed by atoms with Gasteiger partial charge in [-0.1, -0.05) is 17.7 Å². The van der Waals surface area contributed by atoms with Gasteiger partial charge in [-0.05, 0) is 30.3 Å². The molecule has 1 unspecified atom stereocenters. The number of nitrogens with zero attached hydrogens (tertiary/aromatic N) is 3. The van der Waals surface area contributed by atoms with Crippen molar-refractivity contribution in [1.82, 2.24) is 9.88 Å². The van der Waals surface area contributed by atoms with E-state index in [0.717, 1.165) is 40.9 Å². The third kappa shape index (κ3) is 1.76. The van der Waals surface area contributed by atoms with E-state index < -0.39 is 0 Å². The maximum absolute atomic E-state index is 6.10. The number of aliphatic imine (C=N–C) groups is 1. The summed E-state index contributed by atoms with van der Waals surface area (Å²) < 4.78 is 0. The normalized spacial score (nSPS) is 19.9. The van der Waals surface area contributed by atoms with Gasteiger partial charge in [-0.2, -0.15) is 0 Å². The van der Waals surface area contributed by atoms with Gasteiger partial charge in [0.25, 0.3) is 0 Å². The molecule has 0 amide bonds. The minimum Gasteiger partial charge on any atom is -0.360 e. The van der Waals surface area contributed by atoms with Crippen LogP contribution in [0.5, 0.6) is 0 Å². The highest BCUT2D eigenvalue weighted by Gasteiger charge is 2.34. The molecule has 1 aromatic heterocycles. The summed E-state index contributed by atoms with van der Waals surface area (Å²) in [5.74, 6) is 1.03. The smallest absolute Gasteiger partial charge is 0.144 e. The van der Waals surface area contributed by atoms with E-state index >= 15 is 0 Å². The van der Waals surface area contributed by atoms with Crippen LogP contribution in [0.15, 0.2) is 47.6 Å². The van der Waals surface area contributed by atoms with Crippen LogP contribution < -0.4 is 5.32 Å². The molecule has 1 atom stereocenters. The van der Waals surface area contributed by atoms with Crippen LogP contribution in [0, 0.1) is 0 Å². The second kappa shape index (κ2) is 4.49. The molecule has 0 radical (unpaired) electrons. The second-order valence-corrected chi connectivity index (χ2v) is 5.33. The summed E-state index contributed by atoms with van der Waals surface area (Å²) in [4.78, 5) is 11.4. The molecule has 100 valence electrons. The summed E-state index contributed by atoms with van der Waals surface area (Å²) in [6.07, 6.45) is 1.83. The lowest BCUT2D eigenvalue weighted by Crippen LogP contribution is -2.41. The maximum atomic E-state index is 6.10. The van der Waals surface area contributed by atoms with E-state index in [1.807, 2.05) is 42.6 Å². The number of hydrogen-bond donors (Lipinski definition) is 1. The van der Waals surface area contributed by atoms with Crippen LogP contribution in [0.4, 0.5) is 5.69 Å². The van der Waals surface area contributed by atoms with Crippen molar-refractivity contribution in [1.29, 1.82) is 0 Å². The van der Waals surface area contributed by atoms with Crippen molar-refractivity contribution >= 4 is 23.1 Å². The molecule has 4 nitrogen and oxygen atoms in total. The first-order valence-corrected chi connectivity index (χ1v) is 6.99. The highest BCUT2D eigenvalue weighted by Crippen LogP contribution is 2.35. The van der Waals surface area contributed by atoms with E-state index in [1.54, 1.807) is 0 Å². The Morgan fingerprint density at radius 2 is 2.20 bits per heavy atom. The molecular weight excluding hydrogens is 272 g/mol. The lowest BCUT2D eigenvalue weighted by atomic mass is 10.1. The molecule has 0 aliphatic carbocycles. The first-order valence-electron chi connectivity index (χ1n) is 6.61. The predicted octanol–water partition coefficient (Wildman–Crippen LogP) is 2.92. The number of hydrogen-bond acceptors (Lipinski definition) is 4. The molecule has 0 saturated heterocycles. The number of fused-ring (bicyclic) bond motifs is 3. The Bertz CT molecular complexity index is 684. The first-order chi connectivity index (χ1) is 9.83. The zero-order valence-electron chi connectivity index (χ0n) is 10.8. The van der Waals surface area contributed by atoms with Crippen LogP contribution in [0.1, 0.15) is 17.4 Å². The van der Waals surface area contributed by atoms with Crippen LogP contribution in [0.2, 0.25) is 5.02 Å². The number of benzene rings is 1. The van der Waals surface area contributed by atoms with Gasteiger partial charge >= 0.3 is 0 Å². The Morgan fingerprint density at radius 1 is 1.25 bits per heavy atom. The molecule has 1 N–H and O–H groups in total. The molecule has 0 fully saturated rings. The number of amidine groups is 1. The molecule has 2 aromatic rings. The summed E-state index contributed by atoms with van der Waals surface area (Å²) in [5.41, 5.74) is 3.12. The standard InChI is InChI=1S/C15H13ClN4/c16-10-4-5-11-13(9-10)19-15(12-3-1-2-6-17-12)20-8-7-18-14(11)20/h1-6,9,15,19H,7-8H2. The Balaban J connectivity index is 1.83. The fourth-order valence-electron chi connectivity index (χ4n) is 2.78. The average molecular weight is 285 g/mol. The number of nitrogens with one attached hydrogen (secondary N) is 1. The molecule has 5 heteroatoms. The van der Waals surface area contributed by atoms with Crippen molar-refractivity contribution in [3.8, 4) is 0 Å². The van der Waals surface area contributed by atoms with Crippen LogP contribution in [-0.2, 0) is 0 Å². The van der Waals surface area contributed by atoms with Gasteiger partial charge in [-0.25, -0.2) is 0 Å². The van der Waals surface area contributed by atoms with Gasteiger partial charge < -0.3 is 10.2 Å². The number of pyridine rings is 1. The Labute approximate surface area is 122 Å². The molecule has 3 heterocycles. The summed E-state index contributed by atoms with van der Waals surface area (Å²) >= 11 is 6.10. The third-order valence-electron chi connectivity index (χ3n) is 3.67. The molecule has 0 bridgehead atoms. The zero-order valence-corrected chi connectivity index (χ0v) is 11.5. The Hall–Kier alpha value is -2.07. The van der Waals surface area contributed by atoms with Crippen LogP contribution in [-0.4, -0.2) is 28.8 Å². The predicted molar refractivity (Wildman–Crippen MR) is 80.2 cm³/mol. The van der Waals surface area contributed by atoms with E-state index in [4.69, 9.17) is 11.6 Å². The van der Waals surface area contributed by atoms with Gasteiger partial charge in [-0.15, -0.1) is 0 Å². The highest BCUT2D eigenvalue weighted by atomic mass is 35.5. The monoisotopic (exact) mass is 284 g/mol. The van der Waals surface area contributed by atoms with Gasteiger partial charge in [0.05, 0.1) is 12.2 Å². The summed E-state index contributed by atoms with van der Waals surface area (Å²) in [6, 6.07) is 11.8. The lowest BCUT2D eigenvalue weighted by molar-refractivity contribution is 0.364. The number of aromatic nitrogens is 1. The van der Waals surface area contributed by atoms with Gasteiger partial charge in [0.15, 0.2) is 0 Å². The van der Waals surface area contributed by atoms with Crippen LogP contribution in [0.25, 0.3) is 0 Å². The lowest BCUT2D eigenvalue weighted by Gasteiger charge is -2.37. The van der Waals surface area contributed by atoms with Gasteiger partial charge in [0.1, 0.15) is 12.0 Å². The van der Waals surface area contributed by atoms with Crippen molar-refractivity contribution in [2.24, 2.45) is 4.99 Å². The van der Waals surface area contributed by atoms with Crippen molar-refractivity contribution in [3.05, 3.63) is 58.9 Å². The van der Waals surface area contributed by atoms with E-state index in [2.05, 4.69) is 20.2 Å². The van der Waals surface area contributed by atoms with E-state index in [0.29, 0.717) is 0 Å². The van der Waals surface area contributed by atoms with E-state index in [1.165, 1.54) is 0 Å².